The normalized spacial score (nSPS) is 12.2. The third kappa shape index (κ3) is 2.71. The van der Waals surface area contributed by atoms with Gasteiger partial charge in [0, 0.05) is 6.54 Å². The van der Waals surface area contributed by atoms with Crippen molar-refractivity contribution >= 4 is 5.97 Å². The Morgan fingerprint density at radius 2 is 2.10 bits per heavy atom. The molecule has 1 aromatic heterocycles. The van der Waals surface area contributed by atoms with Crippen molar-refractivity contribution in [3.8, 4) is 0 Å². The Morgan fingerprint density at radius 3 is 2.75 bits per heavy atom. The highest BCUT2D eigenvalue weighted by molar-refractivity contribution is 5.81. The van der Waals surface area contributed by atoms with E-state index < -0.39 is 5.92 Å². The quantitative estimate of drug-likeness (QED) is 0.784. The number of ether oxygens (including phenoxy) is 1. The van der Waals surface area contributed by atoms with Gasteiger partial charge in [0.2, 0.25) is 0 Å². The van der Waals surface area contributed by atoms with Crippen LogP contribution in [0.3, 0.4) is 0 Å². The van der Waals surface area contributed by atoms with E-state index in [1.165, 1.54) is 6.33 Å². The number of carbonyl (C=O) groups is 1. The lowest BCUT2D eigenvalue weighted by molar-refractivity contribution is -0.144. The molecule has 5 nitrogen and oxygen atoms in total. The van der Waals surface area contributed by atoms with Crippen molar-refractivity contribution in [2.75, 3.05) is 6.61 Å². The minimum atomic E-state index is -0.529. The van der Waals surface area contributed by atoms with Crippen LogP contribution in [0.15, 0.2) is 30.6 Å². The van der Waals surface area contributed by atoms with E-state index in [0.717, 1.165) is 11.1 Å². The summed E-state index contributed by atoms with van der Waals surface area (Å²) < 4.78 is 6.95. The number of hydrogen-bond acceptors (Lipinski definition) is 4. The standard InChI is InChI=1S/C15H19N3O2/c1-4-18-14(16-10-17-18)13(15(19)20-5-2)12-9-7-6-8-11(12)3/h6-10,13H,4-5H2,1-3H3. The van der Waals surface area contributed by atoms with Gasteiger partial charge in [-0.2, -0.15) is 5.10 Å². The molecule has 1 atom stereocenters. The van der Waals surface area contributed by atoms with E-state index in [1.807, 2.05) is 38.1 Å². The topological polar surface area (TPSA) is 57.0 Å². The summed E-state index contributed by atoms with van der Waals surface area (Å²) in [5, 5.41) is 4.15. The van der Waals surface area contributed by atoms with E-state index in [9.17, 15) is 4.79 Å². The summed E-state index contributed by atoms with van der Waals surface area (Å²) in [5.41, 5.74) is 1.95. The molecular formula is C15H19N3O2. The fourth-order valence-electron chi connectivity index (χ4n) is 2.25. The van der Waals surface area contributed by atoms with E-state index in [4.69, 9.17) is 4.74 Å². The smallest absolute Gasteiger partial charge is 0.321 e. The second kappa shape index (κ2) is 6.32. The Balaban J connectivity index is 2.51. The molecule has 0 radical (unpaired) electrons. The molecule has 20 heavy (non-hydrogen) atoms. The van der Waals surface area contributed by atoms with Crippen LogP contribution in [-0.4, -0.2) is 27.3 Å². The molecule has 0 N–H and O–H groups in total. The van der Waals surface area contributed by atoms with Gasteiger partial charge in [0.05, 0.1) is 6.61 Å². The molecule has 0 saturated carbocycles. The third-order valence-corrected chi connectivity index (χ3v) is 3.22. The average Bonchev–Trinajstić information content (AvgIpc) is 2.90. The predicted molar refractivity (Wildman–Crippen MR) is 75.4 cm³/mol. The summed E-state index contributed by atoms with van der Waals surface area (Å²) in [7, 11) is 0. The first-order valence-electron chi connectivity index (χ1n) is 6.78. The average molecular weight is 273 g/mol. The number of benzene rings is 1. The van der Waals surface area contributed by atoms with Gasteiger partial charge in [-0.3, -0.25) is 4.79 Å². The minimum Gasteiger partial charge on any atom is -0.465 e. The third-order valence-electron chi connectivity index (χ3n) is 3.22. The summed E-state index contributed by atoms with van der Waals surface area (Å²) >= 11 is 0. The second-order valence-electron chi connectivity index (χ2n) is 4.48. The molecule has 0 aliphatic carbocycles. The fourth-order valence-corrected chi connectivity index (χ4v) is 2.25. The van der Waals surface area contributed by atoms with Crippen LogP contribution < -0.4 is 0 Å². The predicted octanol–water partition coefficient (Wildman–Crippen LogP) is 2.30. The van der Waals surface area contributed by atoms with Gasteiger partial charge in [-0.1, -0.05) is 24.3 Å². The maximum Gasteiger partial charge on any atom is 0.321 e. The lowest BCUT2D eigenvalue weighted by atomic mass is 9.94. The summed E-state index contributed by atoms with van der Waals surface area (Å²) in [6.45, 7) is 6.77. The number of hydrogen-bond donors (Lipinski definition) is 0. The summed E-state index contributed by atoms with van der Waals surface area (Å²) in [6.07, 6.45) is 1.48. The van der Waals surface area contributed by atoms with Crippen LogP contribution in [0.25, 0.3) is 0 Å². The molecule has 0 amide bonds. The monoisotopic (exact) mass is 273 g/mol. The SMILES string of the molecule is CCOC(=O)C(c1ccccc1C)c1ncnn1CC. The number of aromatic nitrogens is 3. The molecule has 5 heteroatoms. The van der Waals surface area contributed by atoms with Crippen LogP contribution in [0.5, 0.6) is 0 Å². The molecule has 0 aliphatic heterocycles. The van der Waals surface area contributed by atoms with Crippen LogP contribution in [-0.2, 0) is 16.1 Å². The van der Waals surface area contributed by atoms with Crippen LogP contribution in [0.2, 0.25) is 0 Å². The first kappa shape index (κ1) is 14.2. The van der Waals surface area contributed by atoms with E-state index >= 15 is 0 Å². The van der Waals surface area contributed by atoms with Crippen LogP contribution in [0, 0.1) is 6.92 Å². The van der Waals surface area contributed by atoms with Gasteiger partial charge in [-0.25, -0.2) is 9.67 Å². The molecule has 0 bridgehead atoms. The van der Waals surface area contributed by atoms with Crippen molar-refractivity contribution in [1.29, 1.82) is 0 Å². The number of nitrogens with zero attached hydrogens (tertiary/aromatic N) is 3. The van der Waals surface area contributed by atoms with Gasteiger partial charge in [-0.15, -0.1) is 0 Å². The van der Waals surface area contributed by atoms with Crippen LogP contribution in [0.1, 0.15) is 36.7 Å². The van der Waals surface area contributed by atoms with Gasteiger partial charge < -0.3 is 4.74 Å². The van der Waals surface area contributed by atoms with Gasteiger partial charge in [0.15, 0.2) is 0 Å². The van der Waals surface area contributed by atoms with Gasteiger partial charge >= 0.3 is 5.97 Å². The van der Waals surface area contributed by atoms with E-state index in [2.05, 4.69) is 10.1 Å². The zero-order valence-electron chi connectivity index (χ0n) is 12.0. The summed E-state index contributed by atoms with van der Waals surface area (Å²) in [4.78, 5) is 16.6. The Kier molecular flexibility index (Phi) is 4.50. The minimum absolute atomic E-state index is 0.287. The molecule has 1 heterocycles. The largest absolute Gasteiger partial charge is 0.465 e. The second-order valence-corrected chi connectivity index (χ2v) is 4.48. The van der Waals surface area contributed by atoms with E-state index in [-0.39, 0.29) is 5.97 Å². The molecule has 106 valence electrons. The Labute approximate surface area is 118 Å². The molecule has 2 aromatic rings. The molecule has 0 aliphatic rings. The fraction of sp³-hybridized carbons (Fsp3) is 0.400. The van der Waals surface area contributed by atoms with Crippen LogP contribution in [0.4, 0.5) is 0 Å². The Hall–Kier alpha value is -2.17. The number of carbonyl (C=O) groups excluding carboxylic acids is 1. The van der Waals surface area contributed by atoms with Crippen LogP contribution >= 0.6 is 0 Å². The highest BCUT2D eigenvalue weighted by atomic mass is 16.5. The number of rotatable bonds is 5. The van der Waals surface area contributed by atoms with Crippen molar-refractivity contribution in [3.05, 3.63) is 47.5 Å². The Morgan fingerprint density at radius 1 is 1.35 bits per heavy atom. The first-order valence-corrected chi connectivity index (χ1v) is 6.78. The van der Waals surface area contributed by atoms with E-state index in [0.29, 0.717) is 19.0 Å². The van der Waals surface area contributed by atoms with Crippen molar-refractivity contribution in [1.82, 2.24) is 14.8 Å². The molecule has 0 fully saturated rings. The van der Waals surface area contributed by atoms with Crippen molar-refractivity contribution in [2.24, 2.45) is 0 Å². The van der Waals surface area contributed by atoms with Crippen molar-refractivity contribution < 1.29 is 9.53 Å². The highest BCUT2D eigenvalue weighted by Crippen LogP contribution is 2.27. The molecule has 1 unspecified atom stereocenters. The Bertz CT molecular complexity index is 592. The molecular weight excluding hydrogens is 254 g/mol. The maximum atomic E-state index is 12.4. The highest BCUT2D eigenvalue weighted by Gasteiger charge is 2.29. The van der Waals surface area contributed by atoms with E-state index in [1.54, 1.807) is 11.6 Å². The summed E-state index contributed by atoms with van der Waals surface area (Å²) in [6, 6.07) is 7.78. The molecule has 1 aromatic carbocycles. The zero-order chi connectivity index (χ0) is 14.5. The first-order chi connectivity index (χ1) is 9.69. The van der Waals surface area contributed by atoms with Gasteiger partial charge in [-0.05, 0) is 31.9 Å². The van der Waals surface area contributed by atoms with Crippen molar-refractivity contribution in [3.63, 3.8) is 0 Å². The maximum absolute atomic E-state index is 12.4. The van der Waals surface area contributed by atoms with Gasteiger partial charge in [0.1, 0.15) is 18.1 Å². The van der Waals surface area contributed by atoms with Gasteiger partial charge in [0.25, 0.3) is 0 Å². The molecule has 0 spiro atoms. The van der Waals surface area contributed by atoms with Crippen molar-refractivity contribution in [2.45, 2.75) is 33.2 Å². The molecule has 2 rings (SSSR count). The number of esters is 1. The lowest BCUT2D eigenvalue weighted by Gasteiger charge is -2.17. The lowest BCUT2D eigenvalue weighted by Crippen LogP contribution is -2.22. The zero-order valence-corrected chi connectivity index (χ0v) is 12.0. The summed E-state index contributed by atoms with van der Waals surface area (Å²) in [5.74, 6) is -0.191. The molecule has 0 saturated heterocycles. The number of aryl methyl sites for hydroxylation is 2.